The molecule has 0 saturated heterocycles. The molecule has 2 aromatic rings. The van der Waals surface area contributed by atoms with E-state index >= 15 is 0 Å². The fourth-order valence-corrected chi connectivity index (χ4v) is 1.79. The zero-order chi connectivity index (χ0) is 13.7. The molecule has 1 amide bonds. The number of benzene rings is 1. The van der Waals surface area contributed by atoms with Crippen molar-refractivity contribution < 1.29 is 4.79 Å². The van der Waals surface area contributed by atoms with Gasteiger partial charge in [0.15, 0.2) is 0 Å². The number of hydrogen-bond acceptors (Lipinski definition) is 3. The number of carbonyl (C=O) groups excluding carboxylic acids is 1. The number of aromatic amines is 1. The van der Waals surface area contributed by atoms with Crippen LogP contribution in [0.5, 0.6) is 0 Å². The molecule has 2 rings (SSSR count). The Hall–Kier alpha value is -2.14. The van der Waals surface area contributed by atoms with Crippen molar-refractivity contribution in [3.8, 4) is 0 Å². The van der Waals surface area contributed by atoms with Crippen LogP contribution in [0.25, 0.3) is 0 Å². The highest BCUT2D eigenvalue weighted by molar-refractivity contribution is 5.88. The van der Waals surface area contributed by atoms with E-state index in [1.54, 1.807) is 6.20 Å². The van der Waals surface area contributed by atoms with Gasteiger partial charge in [0.2, 0.25) is 5.91 Å². The van der Waals surface area contributed by atoms with Crippen molar-refractivity contribution in [3.63, 3.8) is 0 Å². The lowest BCUT2D eigenvalue weighted by Gasteiger charge is -2.11. The molecule has 1 aromatic carbocycles. The monoisotopic (exact) mass is 258 g/mol. The summed E-state index contributed by atoms with van der Waals surface area (Å²) in [4.78, 5) is 18.2. The molecule has 19 heavy (non-hydrogen) atoms. The van der Waals surface area contributed by atoms with Crippen LogP contribution in [0.2, 0.25) is 0 Å². The highest BCUT2D eigenvalue weighted by Gasteiger charge is 2.06. The van der Waals surface area contributed by atoms with E-state index in [1.165, 1.54) is 6.92 Å². The largest absolute Gasteiger partial charge is 0.347 e. The van der Waals surface area contributed by atoms with Crippen LogP contribution in [-0.4, -0.2) is 15.9 Å². The molecule has 0 bridgehead atoms. The first-order chi connectivity index (χ1) is 9.15. The van der Waals surface area contributed by atoms with Crippen molar-refractivity contribution in [3.05, 3.63) is 48.0 Å². The van der Waals surface area contributed by atoms with Crippen molar-refractivity contribution >= 4 is 11.6 Å². The minimum Gasteiger partial charge on any atom is -0.347 e. The SMILES string of the molecule is CC(=O)Nc1ccc(CNC(C)c2ncc[nH]2)cc1. The van der Waals surface area contributed by atoms with Gasteiger partial charge in [-0.15, -0.1) is 0 Å². The first kappa shape index (κ1) is 13.3. The Morgan fingerprint density at radius 2 is 2.11 bits per heavy atom. The molecule has 1 aromatic heterocycles. The molecule has 0 aliphatic heterocycles. The van der Waals surface area contributed by atoms with Crippen molar-refractivity contribution in [1.82, 2.24) is 15.3 Å². The summed E-state index contributed by atoms with van der Waals surface area (Å²) in [5, 5.41) is 6.13. The number of rotatable bonds is 5. The summed E-state index contributed by atoms with van der Waals surface area (Å²) in [5.41, 5.74) is 1.97. The van der Waals surface area contributed by atoms with Crippen LogP contribution in [0.15, 0.2) is 36.7 Å². The van der Waals surface area contributed by atoms with E-state index in [4.69, 9.17) is 0 Å². The predicted molar refractivity (Wildman–Crippen MR) is 74.6 cm³/mol. The second-order valence-corrected chi connectivity index (χ2v) is 4.46. The van der Waals surface area contributed by atoms with E-state index in [9.17, 15) is 4.79 Å². The van der Waals surface area contributed by atoms with Crippen LogP contribution in [0.3, 0.4) is 0 Å². The van der Waals surface area contributed by atoms with Gasteiger partial charge in [-0.1, -0.05) is 12.1 Å². The third kappa shape index (κ3) is 3.93. The molecule has 1 heterocycles. The van der Waals surface area contributed by atoms with E-state index < -0.39 is 0 Å². The number of anilines is 1. The van der Waals surface area contributed by atoms with E-state index in [0.717, 1.165) is 23.6 Å². The second-order valence-electron chi connectivity index (χ2n) is 4.46. The molecule has 0 spiro atoms. The number of nitrogens with one attached hydrogen (secondary N) is 3. The Balaban J connectivity index is 1.88. The topological polar surface area (TPSA) is 69.8 Å². The van der Waals surface area contributed by atoms with Gasteiger partial charge >= 0.3 is 0 Å². The van der Waals surface area contributed by atoms with Crippen molar-refractivity contribution in [2.24, 2.45) is 0 Å². The molecule has 100 valence electrons. The normalized spacial score (nSPS) is 12.1. The molecule has 0 aliphatic rings. The van der Waals surface area contributed by atoms with Gasteiger partial charge in [0.05, 0.1) is 6.04 Å². The van der Waals surface area contributed by atoms with E-state index in [1.807, 2.05) is 30.5 Å². The lowest BCUT2D eigenvalue weighted by Crippen LogP contribution is -2.19. The third-order valence-electron chi connectivity index (χ3n) is 2.82. The lowest BCUT2D eigenvalue weighted by molar-refractivity contribution is -0.114. The van der Waals surface area contributed by atoms with Gasteiger partial charge in [-0.3, -0.25) is 4.79 Å². The smallest absolute Gasteiger partial charge is 0.221 e. The maximum atomic E-state index is 10.9. The first-order valence-electron chi connectivity index (χ1n) is 6.24. The van der Waals surface area contributed by atoms with Crippen LogP contribution in [0, 0.1) is 0 Å². The summed E-state index contributed by atoms with van der Waals surface area (Å²) in [7, 11) is 0. The van der Waals surface area contributed by atoms with Gasteiger partial charge in [-0.05, 0) is 24.6 Å². The van der Waals surface area contributed by atoms with Gasteiger partial charge in [-0.2, -0.15) is 0 Å². The first-order valence-corrected chi connectivity index (χ1v) is 6.24. The fraction of sp³-hybridized carbons (Fsp3) is 0.286. The zero-order valence-corrected chi connectivity index (χ0v) is 11.1. The average molecular weight is 258 g/mol. The van der Waals surface area contributed by atoms with Crippen molar-refractivity contribution in [1.29, 1.82) is 0 Å². The van der Waals surface area contributed by atoms with Crippen LogP contribution >= 0.6 is 0 Å². The highest BCUT2D eigenvalue weighted by atomic mass is 16.1. The van der Waals surface area contributed by atoms with Crippen molar-refractivity contribution in [2.75, 3.05) is 5.32 Å². The van der Waals surface area contributed by atoms with Gasteiger partial charge < -0.3 is 15.6 Å². The summed E-state index contributed by atoms with van der Waals surface area (Å²) in [5.74, 6) is 0.868. The molecule has 5 heteroatoms. The van der Waals surface area contributed by atoms with Gasteiger partial charge in [0.1, 0.15) is 5.82 Å². The number of nitrogens with zero attached hydrogens (tertiary/aromatic N) is 1. The van der Waals surface area contributed by atoms with Gasteiger partial charge in [0.25, 0.3) is 0 Å². The summed E-state index contributed by atoms with van der Waals surface area (Å²) in [6.07, 6.45) is 3.56. The van der Waals surface area contributed by atoms with Gasteiger partial charge in [0, 0.05) is 31.5 Å². The fourth-order valence-electron chi connectivity index (χ4n) is 1.79. The molecule has 0 aliphatic carbocycles. The van der Waals surface area contributed by atoms with E-state index in [2.05, 4.69) is 27.5 Å². The number of imidazole rings is 1. The zero-order valence-electron chi connectivity index (χ0n) is 11.1. The van der Waals surface area contributed by atoms with E-state index in [0.29, 0.717) is 0 Å². The summed E-state index contributed by atoms with van der Waals surface area (Å²) < 4.78 is 0. The number of H-pyrrole nitrogens is 1. The van der Waals surface area contributed by atoms with Crippen molar-refractivity contribution in [2.45, 2.75) is 26.4 Å². The molecule has 1 unspecified atom stereocenters. The molecule has 0 radical (unpaired) electrons. The number of hydrogen-bond donors (Lipinski definition) is 3. The molecule has 0 fully saturated rings. The molecule has 3 N–H and O–H groups in total. The minimum atomic E-state index is -0.0580. The minimum absolute atomic E-state index is 0.0580. The van der Waals surface area contributed by atoms with Gasteiger partial charge in [-0.25, -0.2) is 4.98 Å². The number of amides is 1. The molecule has 1 atom stereocenters. The van der Waals surface area contributed by atoms with Crippen LogP contribution in [0.4, 0.5) is 5.69 Å². The standard InChI is InChI=1S/C14H18N4O/c1-10(14-15-7-8-16-14)17-9-12-3-5-13(6-4-12)18-11(2)19/h3-8,10,17H,9H2,1-2H3,(H,15,16)(H,18,19). The Morgan fingerprint density at radius 3 is 2.68 bits per heavy atom. The Labute approximate surface area is 112 Å². The third-order valence-corrected chi connectivity index (χ3v) is 2.82. The predicted octanol–water partition coefficient (Wildman–Crippen LogP) is 2.22. The summed E-state index contributed by atoms with van der Waals surface area (Å²) in [6, 6.07) is 7.96. The Kier molecular flexibility index (Phi) is 4.30. The van der Waals surface area contributed by atoms with E-state index in [-0.39, 0.29) is 11.9 Å². The van der Waals surface area contributed by atoms with Crippen LogP contribution < -0.4 is 10.6 Å². The molecule has 0 saturated carbocycles. The Morgan fingerprint density at radius 1 is 1.37 bits per heavy atom. The number of aromatic nitrogens is 2. The van der Waals surface area contributed by atoms with Crippen LogP contribution in [-0.2, 0) is 11.3 Å². The maximum absolute atomic E-state index is 10.9. The summed E-state index contributed by atoms with van der Waals surface area (Å²) >= 11 is 0. The molecular formula is C14H18N4O. The molecule has 5 nitrogen and oxygen atoms in total. The number of carbonyl (C=O) groups is 1. The lowest BCUT2D eigenvalue weighted by atomic mass is 10.2. The average Bonchev–Trinajstić information content (AvgIpc) is 2.91. The highest BCUT2D eigenvalue weighted by Crippen LogP contribution is 2.11. The Bertz CT molecular complexity index is 519. The van der Waals surface area contributed by atoms with Crippen LogP contribution in [0.1, 0.15) is 31.3 Å². The quantitative estimate of drug-likeness (QED) is 0.770. The summed E-state index contributed by atoms with van der Waals surface area (Å²) in [6.45, 7) is 4.31. The maximum Gasteiger partial charge on any atom is 0.221 e. The molecular weight excluding hydrogens is 240 g/mol. The second kappa shape index (κ2) is 6.15.